The second kappa shape index (κ2) is 7.91. The highest BCUT2D eigenvalue weighted by atomic mass is 16.2. The van der Waals surface area contributed by atoms with Gasteiger partial charge in [-0.2, -0.15) is 0 Å². The van der Waals surface area contributed by atoms with Gasteiger partial charge in [-0.25, -0.2) is 4.98 Å². The van der Waals surface area contributed by atoms with Crippen molar-refractivity contribution in [2.24, 2.45) is 0 Å². The summed E-state index contributed by atoms with van der Waals surface area (Å²) in [7, 11) is 0. The molecule has 0 radical (unpaired) electrons. The van der Waals surface area contributed by atoms with Gasteiger partial charge in [-0.15, -0.1) is 0 Å². The highest BCUT2D eigenvalue weighted by Gasteiger charge is 2.30. The lowest BCUT2D eigenvalue weighted by molar-refractivity contribution is -0.130. The van der Waals surface area contributed by atoms with Gasteiger partial charge in [0.1, 0.15) is 5.82 Å². The number of imidazole rings is 1. The molecule has 5 nitrogen and oxygen atoms in total. The van der Waals surface area contributed by atoms with Crippen molar-refractivity contribution in [3.63, 3.8) is 0 Å². The van der Waals surface area contributed by atoms with Gasteiger partial charge in [-0.1, -0.05) is 30.3 Å². The number of pyridine rings is 1. The highest BCUT2D eigenvalue weighted by molar-refractivity contribution is 5.77. The van der Waals surface area contributed by atoms with Crippen LogP contribution in [-0.2, 0) is 17.8 Å². The molecular weight excluding hydrogens is 336 g/mol. The van der Waals surface area contributed by atoms with E-state index in [0.717, 1.165) is 55.8 Å². The summed E-state index contributed by atoms with van der Waals surface area (Å²) in [4.78, 5) is 23.7. The average molecular weight is 362 g/mol. The number of nitrogens with zero attached hydrogens (tertiary/aromatic N) is 4. The summed E-state index contributed by atoms with van der Waals surface area (Å²) in [5.41, 5.74) is 3.38. The van der Waals surface area contributed by atoms with Crippen LogP contribution in [0.4, 0.5) is 0 Å². The Morgan fingerprint density at radius 2 is 2.07 bits per heavy atom. The van der Waals surface area contributed by atoms with Crippen molar-refractivity contribution < 1.29 is 4.79 Å². The molecule has 1 fully saturated rings. The van der Waals surface area contributed by atoms with Gasteiger partial charge in [0.15, 0.2) is 0 Å². The first-order valence-corrected chi connectivity index (χ1v) is 9.88. The molecule has 0 saturated carbocycles. The normalized spacial score (nSPS) is 16.9. The number of aryl methyl sites for hydroxylation is 2. The Morgan fingerprint density at radius 3 is 2.89 bits per heavy atom. The third-order valence-electron chi connectivity index (χ3n) is 5.50. The van der Waals surface area contributed by atoms with Crippen LogP contribution in [0.25, 0.3) is 11.0 Å². The molecule has 0 spiro atoms. The van der Waals surface area contributed by atoms with Gasteiger partial charge < -0.3 is 9.47 Å². The maximum absolute atomic E-state index is 12.6. The maximum Gasteiger partial charge on any atom is 0.222 e. The Hall–Kier alpha value is -2.69. The first kappa shape index (κ1) is 17.7. The lowest BCUT2D eigenvalue weighted by Gasteiger charge is -2.17. The van der Waals surface area contributed by atoms with Gasteiger partial charge in [0, 0.05) is 38.2 Å². The molecule has 0 aliphatic carbocycles. The summed E-state index contributed by atoms with van der Waals surface area (Å²) in [6, 6.07) is 12.3. The summed E-state index contributed by atoms with van der Waals surface area (Å²) < 4.78 is 2.25. The van der Waals surface area contributed by atoms with Crippen molar-refractivity contribution in [1.29, 1.82) is 0 Å². The first-order valence-electron chi connectivity index (χ1n) is 9.88. The van der Waals surface area contributed by atoms with E-state index in [-0.39, 0.29) is 5.91 Å². The highest BCUT2D eigenvalue weighted by Crippen LogP contribution is 2.29. The molecule has 1 atom stereocenters. The first-order chi connectivity index (χ1) is 13.3. The zero-order valence-corrected chi connectivity index (χ0v) is 15.8. The summed E-state index contributed by atoms with van der Waals surface area (Å²) in [5.74, 6) is 1.68. The van der Waals surface area contributed by atoms with Crippen molar-refractivity contribution in [3.05, 3.63) is 60.2 Å². The van der Waals surface area contributed by atoms with Crippen LogP contribution in [0, 0.1) is 0 Å². The fourth-order valence-electron chi connectivity index (χ4n) is 4.08. The molecule has 1 saturated heterocycles. The number of fused-ring (bicyclic) bond motifs is 1. The number of benzene rings is 1. The monoisotopic (exact) mass is 362 g/mol. The second-order valence-electron chi connectivity index (χ2n) is 7.24. The smallest absolute Gasteiger partial charge is 0.222 e. The number of aromatic nitrogens is 3. The second-order valence-corrected chi connectivity index (χ2v) is 7.24. The van der Waals surface area contributed by atoms with Gasteiger partial charge in [-0.05, 0) is 37.8 Å². The van der Waals surface area contributed by atoms with E-state index in [1.807, 2.05) is 23.2 Å². The number of rotatable bonds is 6. The van der Waals surface area contributed by atoms with Crippen molar-refractivity contribution >= 4 is 16.9 Å². The Kier molecular flexibility index (Phi) is 5.19. The number of carbonyl (C=O) groups is 1. The maximum atomic E-state index is 12.6. The molecule has 27 heavy (non-hydrogen) atoms. The van der Waals surface area contributed by atoms with E-state index >= 15 is 0 Å². The van der Waals surface area contributed by atoms with Crippen molar-refractivity contribution in [2.75, 3.05) is 13.1 Å². The van der Waals surface area contributed by atoms with E-state index in [4.69, 9.17) is 4.98 Å². The van der Waals surface area contributed by atoms with Crippen LogP contribution >= 0.6 is 0 Å². The van der Waals surface area contributed by atoms with E-state index in [0.29, 0.717) is 12.3 Å². The molecular formula is C22H26N4O. The van der Waals surface area contributed by atoms with E-state index in [9.17, 15) is 4.79 Å². The fourth-order valence-corrected chi connectivity index (χ4v) is 4.08. The summed E-state index contributed by atoms with van der Waals surface area (Å²) in [6.45, 7) is 4.62. The van der Waals surface area contributed by atoms with Gasteiger partial charge in [0.2, 0.25) is 5.91 Å². The molecule has 1 aliphatic heterocycles. The minimum atomic E-state index is 0.272. The Bertz CT molecular complexity index is 918. The fraction of sp³-hybridized carbons (Fsp3) is 0.409. The quantitative estimate of drug-likeness (QED) is 0.670. The summed E-state index contributed by atoms with van der Waals surface area (Å²) >= 11 is 0. The van der Waals surface area contributed by atoms with Crippen molar-refractivity contribution in [3.8, 4) is 0 Å². The number of carbonyl (C=O) groups excluding carboxylic acids is 1. The van der Waals surface area contributed by atoms with Crippen LogP contribution in [0.15, 0.2) is 48.8 Å². The topological polar surface area (TPSA) is 51.0 Å². The zero-order chi connectivity index (χ0) is 18.6. The molecule has 3 heterocycles. The zero-order valence-electron chi connectivity index (χ0n) is 15.8. The Balaban J connectivity index is 1.38. The molecule has 140 valence electrons. The number of likely N-dealkylation sites (tertiary alicyclic amines) is 1. The van der Waals surface area contributed by atoms with Gasteiger partial charge >= 0.3 is 0 Å². The summed E-state index contributed by atoms with van der Waals surface area (Å²) in [5, 5.41) is 0. The molecule has 1 amide bonds. The van der Waals surface area contributed by atoms with Gasteiger partial charge in [-0.3, -0.25) is 9.78 Å². The minimum absolute atomic E-state index is 0.272. The molecule has 5 heteroatoms. The standard InChI is InChI=1S/C22H26N4O/c1-2-26-20-15-23-13-11-19(20)24-22(26)18-12-14-25(16-18)21(27)10-6-9-17-7-4-3-5-8-17/h3-5,7-8,11,13,15,18H,2,6,9-10,12,14,16H2,1H3/t18-/m0/s1. The molecule has 2 aromatic heterocycles. The minimum Gasteiger partial charge on any atom is -0.342 e. The SMILES string of the molecule is CCn1c([C@H]2CCN(C(=O)CCCc3ccccc3)C2)nc2ccncc21. The lowest BCUT2D eigenvalue weighted by Crippen LogP contribution is -2.28. The number of hydrogen-bond donors (Lipinski definition) is 0. The van der Waals surface area contributed by atoms with Gasteiger partial charge in [0.05, 0.1) is 17.2 Å². The van der Waals surface area contributed by atoms with Crippen LogP contribution in [0.5, 0.6) is 0 Å². The van der Waals surface area contributed by atoms with Crippen LogP contribution < -0.4 is 0 Å². The van der Waals surface area contributed by atoms with Crippen LogP contribution in [0.2, 0.25) is 0 Å². The molecule has 1 aromatic carbocycles. The van der Waals surface area contributed by atoms with E-state index in [1.165, 1.54) is 5.56 Å². The van der Waals surface area contributed by atoms with E-state index < -0.39 is 0 Å². The third-order valence-corrected chi connectivity index (χ3v) is 5.50. The largest absolute Gasteiger partial charge is 0.342 e. The molecule has 1 aliphatic rings. The predicted octanol–water partition coefficient (Wildman–Crippen LogP) is 3.79. The van der Waals surface area contributed by atoms with E-state index in [2.05, 4.69) is 40.7 Å². The Morgan fingerprint density at radius 1 is 1.22 bits per heavy atom. The molecule has 0 unspecified atom stereocenters. The Labute approximate surface area is 160 Å². The van der Waals surface area contributed by atoms with Crippen molar-refractivity contribution in [1.82, 2.24) is 19.4 Å². The van der Waals surface area contributed by atoms with Crippen LogP contribution in [-0.4, -0.2) is 38.4 Å². The van der Waals surface area contributed by atoms with Crippen LogP contribution in [0.3, 0.4) is 0 Å². The predicted molar refractivity (Wildman–Crippen MR) is 107 cm³/mol. The average Bonchev–Trinajstić information content (AvgIpc) is 3.33. The molecule has 0 N–H and O–H groups in total. The molecule has 4 rings (SSSR count). The third kappa shape index (κ3) is 3.72. The lowest BCUT2D eigenvalue weighted by atomic mass is 10.1. The number of hydrogen-bond acceptors (Lipinski definition) is 3. The number of amides is 1. The van der Waals surface area contributed by atoms with E-state index in [1.54, 1.807) is 6.20 Å². The molecule has 0 bridgehead atoms. The van der Waals surface area contributed by atoms with Crippen LogP contribution in [0.1, 0.15) is 43.5 Å². The summed E-state index contributed by atoms with van der Waals surface area (Å²) in [6.07, 6.45) is 7.15. The van der Waals surface area contributed by atoms with Gasteiger partial charge in [0.25, 0.3) is 0 Å². The van der Waals surface area contributed by atoms with Crippen molar-refractivity contribution in [2.45, 2.75) is 45.1 Å². The molecule has 3 aromatic rings.